The summed E-state index contributed by atoms with van der Waals surface area (Å²) in [5, 5.41) is 0.213. The molecule has 32 heavy (non-hydrogen) atoms. The lowest BCUT2D eigenvalue weighted by atomic mass is 9.62. The summed E-state index contributed by atoms with van der Waals surface area (Å²) >= 11 is 0. The van der Waals surface area contributed by atoms with Crippen molar-refractivity contribution in [2.75, 3.05) is 6.61 Å². The van der Waals surface area contributed by atoms with Gasteiger partial charge < -0.3 is 4.43 Å². The Hall–Kier alpha value is -0.693. The van der Waals surface area contributed by atoms with Crippen LogP contribution in [0, 0.1) is 30.1 Å². The minimum atomic E-state index is -3.72. The fourth-order valence-electron chi connectivity index (χ4n) is 5.88. The number of hydrogen-bond acceptors (Lipinski definition) is 4. The minimum Gasteiger partial charge on any atom is -0.414 e. The van der Waals surface area contributed by atoms with E-state index in [0.717, 1.165) is 18.4 Å². The minimum absolute atomic E-state index is 0.192. The van der Waals surface area contributed by atoms with Gasteiger partial charge in [0, 0.05) is 6.10 Å². The molecule has 0 aliphatic heterocycles. The van der Waals surface area contributed by atoms with Gasteiger partial charge >= 0.3 is 0 Å². The highest BCUT2D eigenvalue weighted by Gasteiger charge is 2.54. The molecule has 0 radical (unpaired) electrons. The second-order valence-electron chi connectivity index (χ2n) is 12.1. The topological polar surface area (TPSA) is 52.6 Å². The van der Waals surface area contributed by atoms with Crippen LogP contribution in [0.5, 0.6) is 0 Å². The quantitative estimate of drug-likeness (QED) is 0.313. The van der Waals surface area contributed by atoms with Crippen LogP contribution >= 0.6 is 0 Å². The van der Waals surface area contributed by atoms with Crippen LogP contribution in [0.4, 0.5) is 0 Å². The first-order valence-electron chi connectivity index (χ1n) is 12.3. The van der Waals surface area contributed by atoms with Gasteiger partial charge in [-0.05, 0) is 86.0 Å². The molecule has 0 unspecified atom stereocenters. The average Bonchev–Trinajstić information content (AvgIpc) is 3.03. The zero-order valence-electron chi connectivity index (χ0n) is 21.4. The summed E-state index contributed by atoms with van der Waals surface area (Å²) in [4.78, 5) is 0.242. The van der Waals surface area contributed by atoms with Crippen molar-refractivity contribution in [3.8, 4) is 0 Å². The highest BCUT2D eigenvalue weighted by atomic mass is 32.2. The molecule has 2 aliphatic rings. The van der Waals surface area contributed by atoms with Gasteiger partial charge in [0.25, 0.3) is 10.1 Å². The molecule has 0 heterocycles. The lowest BCUT2D eigenvalue weighted by Crippen LogP contribution is -2.50. The molecule has 0 amide bonds. The molecule has 1 aromatic rings. The predicted octanol–water partition coefficient (Wildman–Crippen LogP) is 6.94. The largest absolute Gasteiger partial charge is 0.414 e. The van der Waals surface area contributed by atoms with E-state index in [1.807, 2.05) is 19.1 Å². The van der Waals surface area contributed by atoms with Crippen LogP contribution in [-0.4, -0.2) is 29.4 Å². The summed E-state index contributed by atoms with van der Waals surface area (Å²) < 4.78 is 37.9. The van der Waals surface area contributed by atoms with Crippen LogP contribution in [0.1, 0.15) is 72.3 Å². The zero-order valence-corrected chi connectivity index (χ0v) is 23.2. The third-order valence-corrected chi connectivity index (χ3v) is 14.7. The van der Waals surface area contributed by atoms with Gasteiger partial charge in [0.15, 0.2) is 8.32 Å². The maximum absolute atomic E-state index is 12.7. The number of aryl methyl sites for hydroxylation is 1. The van der Waals surface area contributed by atoms with Crippen LogP contribution in [0.15, 0.2) is 29.2 Å². The summed E-state index contributed by atoms with van der Waals surface area (Å²) in [7, 11) is -5.54. The maximum Gasteiger partial charge on any atom is 0.296 e. The molecule has 4 nitrogen and oxygen atoms in total. The van der Waals surface area contributed by atoms with Gasteiger partial charge in [-0.3, -0.25) is 4.18 Å². The number of rotatable bonds is 7. The Kier molecular flexibility index (Phi) is 7.42. The number of fused-ring (bicyclic) bond motifs is 1. The van der Waals surface area contributed by atoms with Crippen molar-refractivity contribution in [1.29, 1.82) is 0 Å². The van der Waals surface area contributed by atoms with E-state index in [1.54, 1.807) is 12.1 Å². The number of benzene rings is 1. The van der Waals surface area contributed by atoms with Gasteiger partial charge in [0.1, 0.15) is 0 Å². The molecule has 182 valence electrons. The predicted molar refractivity (Wildman–Crippen MR) is 134 cm³/mol. The fourth-order valence-corrected chi connectivity index (χ4v) is 8.27. The molecule has 0 bridgehead atoms. The smallest absolute Gasteiger partial charge is 0.296 e. The third kappa shape index (κ3) is 5.18. The highest BCUT2D eigenvalue weighted by molar-refractivity contribution is 7.86. The summed E-state index contributed by atoms with van der Waals surface area (Å²) in [6.45, 7) is 18.4. The van der Waals surface area contributed by atoms with E-state index in [2.05, 4.69) is 47.7 Å². The summed E-state index contributed by atoms with van der Waals surface area (Å²) in [6, 6.07) is 6.89. The molecule has 0 N–H and O–H groups in total. The van der Waals surface area contributed by atoms with Gasteiger partial charge in [-0.25, -0.2) is 0 Å². The summed E-state index contributed by atoms with van der Waals surface area (Å²) in [5.74, 6) is 1.22. The van der Waals surface area contributed by atoms with E-state index < -0.39 is 18.4 Å². The second kappa shape index (κ2) is 9.16. The van der Waals surface area contributed by atoms with Crippen molar-refractivity contribution in [3.05, 3.63) is 29.8 Å². The van der Waals surface area contributed by atoms with Crippen molar-refractivity contribution >= 4 is 18.4 Å². The van der Waals surface area contributed by atoms with Crippen LogP contribution in [-0.2, 0) is 18.7 Å². The standard InChI is InChI=1S/C26H44O4SSi/c1-19-11-13-21(14-12-19)31(27,28)29-18-20(2)22-15-16-23-24(10-9-17-26(22,23)6)30-32(7,8)25(3,4)5/h11-14,20,22-24H,9-10,15-18H2,1-8H3/t20-,22+,23-,24+,26-/m1/s1. The molecule has 3 rings (SSSR count). The first-order valence-corrected chi connectivity index (χ1v) is 16.6. The first-order chi connectivity index (χ1) is 14.7. The Bertz CT molecular complexity index is 887. The molecular weight excluding hydrogens is 436 g/mol. The van der Waals surface area contributed by atoms with Crippen molar-refractivity contribution in [2.45, 2.75) is 103 Å². The number of hydrogen-bond donors (Lipinski definition) is 0. The van der Waals surface area contributed by atoms with Crippen LogP contribution in [0.2, 0.25) is 18.1 Å². The lowest BCUT2D eigenvalue weighted by Gasteiger charge is -2.49. The fraction of sp³-hybridized carbons (Fsp3) is 0.769. The van der Waals surface area contributed by atoms with E-state index in [0.29, 0.717) is 17.9 Å². The van der Waals surface area contributed by atoms with E-state index in [4.69, 9.17) is 8.61 Å². The molecule has 2 saturated carbocycles. The molecule has 2 fully saturated rings. The molecular formula is C26H44O4SSi. The summed E-state index contributed by atoms with van der Waals surface area (Å²) in [5.41, 5.74) is 1.23. The van der Waals surface area contributed by atoms with Gasteiger partial charge in [-0.1, -0.05) is 58.7 Å². The third-order valence-electron chi connectivity index (χ3n) is 8.87. The van der Waals surface area contributed by atoms with Gasteiger partial charge in [-0.15, -0.1) is 0 Å². The summed E-state index contributed by atoms with van der Waals surface area (Å²) in [6.07, 6.45) is 6.20. The van der Waals surface area contributed by atoms with Gasteiger partial charge in [0.2, 0.25) is 0 Å². The Morgan fingerprint density at radius 1 is 1.12 bits per heavy atom. The molecule has 6 heteroatoms. The Morgan fingerprint density at radius 3 is 2.34 bits per heavy atom. The highest BCUT2D eigenvalue weighted by Crippen LogP contribution is 2.59. The Labute approximate surface area is 197 Å². The zero-order chi connectivity index (χ0) is 23.9. The van der Waals surface area contributed by atoms with E-state index >= 15 is 0 Å². The van der Waals surface area contributed by atoms with Gasteiger partial charge in [-0.2, -0.15) is 8.42 Å². The Balaban J connectivity index is 1.68. The first kappa shape index (κ1) is 25.9. The molecule has 1 aromatic carbocycles. The van der Waals surface area contributed by atoms with E-state index in [1.165, 1.54) is 19.3 Å². The van der Waals surface area contributed by atoms with Crippen molar-refractivity contribution in [3.63, 3.8) is 0 Å². The molecule has 5 atom stereocenters. The molecule has 0 saturated heterocycles. The second-order valence-corrected chi connectivity index (χ2v) is 18.5. The molecule has 0 spiro atoms. The molecule has 0 aromatic heterocycles. The normalized spacial score (nSPS) is 30.2. The van der Waals surface area contributed by atoms with Crippen molar-refractivity contribution < 1.29 is 17.0 Å². The van der Waals surface area contributed by atoms with Crippen LogP contribution in [0.25, 0.3) is 0 Å². The van der Waals surface area contributed by atoms with Crippen LogP contribution in [0.3, 0.4) is 0 Å². The lowest BCUT2D eigenvalue weighted by molar-refractivity contribution is -0.0245. The average molecular weight is 481 g/mol. The van der Waals surface area contributed by atoms with Gasteiger partial charge in [0.05, 0.1) is 11.5 Å². The SMILES string of the molecule is Cc1ccc(S(=O)(=O)OC[C@@H](C)[C@@H]2CC[C@@H]3[C@@H](O[Si](C)(C)C(C)(C)C)CCC[C@@]32C)cc1. The van der Waals surface area contributed by atoms with E-state index in [-0.39, 0.29) is 27.9 Å². The molecule has 2 aliphatic carbocycles. The maximum atomic E-state index is 12.7. The van der Waals surface area contributed by atoms with E-state index in [9.17, 15) is 8.42 Å². The van der Waals surface area contributed by atoms with Crippen LogP contribution < -0.4 is 0 Å². The Morgan fingerprint density at radius 2 is 1.75 bits per heavy atom. The van der Waals surface area contributed by atoms with Crippen molar-refractivity contribution in [1.82, 2.24) is 0 Å². The van der Waals surface area contributed by atoms with Crippen molar-refractivity contribution in [2.24, 2.45) is 23.2 Å². The monoisotopic (exact) mass is 480 g/mol.